The number of hydrogen-bond acceptors (Lipinski definition) is 3. The van der Waals surface area contributed by atoms with E-state index in [1.165, 1.54) is 5.56 Å². The highest BCUT2D eigenvalue weighted by molar-refractivity contribution is 6.75. The van der Waals surface area contributed by atoms with Gasteiger partial charge >= 0.3 is 8.80 Å². The van der Waals surface area contributed by atoms with Crippen molar-refractivity contribution in [1.82, 2.24) is 0 Å². The van der Waals surface area contributed by atoms with Crippen LogP contribution in [0.3, 0.4) is 0 Å². The molecule has 1 rings (SSSR count). The summed E-state index contributed by atoms with van der Waals surface area (Å²) in [5, 5.41) is 1.08. The van der Waals surface area contributed by atoms with Crippen LogP contribution in [0.2, 0.25) is 0 Å². The second-order valence-electron chi connectivity index (χ2n) is 5.20. The third-order valence-electron chi connectivity index (χ3n) is 3.20. The first-order valence-electron chi connectivity index (χ1n) is 8.30. The standard InChI is InChI=1S/C17H29ClO3Si/c1-4-13-19-22(20-14-5-2,21-15-6-3)17-10-8-7-9-16(17)11-12-18/h7-10H,4-6,11-15H2,1-3H3. The molecule has 1 aromatic carbocycles. The van der Waals surface area contributed by atoms with Crippen molar-refractivity contribution in [2.24, 2.45) is 0 Å². The monoisotopic (exact) mass is 344 g/mol. The lowest BCUT2D eigenvalue weighted by Gasteiger charge is -2.31. The van der Waals surface area contributed by atoms with Crippen LogP contribution in [0.1, 0.15) is 45.6 Å². The Hall–Kier alpha value is -0.393. The van der Waals surface area contributed by atoms with Crippen molar-refractivity contribution in [2.45, 2.75) is 46.5 Å². The molecule has 0 atom stereocenters. The molecule has 126 valence electrons. The predicted molar refractivity (Wildman–Crippen MR) is 95.0 cm³/mol. The van der Waals surface area contributed by atoms with Gasteiger partial charge in [0.25, 0.3) is 0 Å². The van der Waals surface area contributed by atoms with Crippen molar-refractivity contribution in [3.63, 3.8) is 0 Å². The second-order valence-corrected chi connectivity index (χ2v) is 8.09. The highest BCUT2D eigenvalue weighted by Gasteiger charge is 2.45. The molecule has 0 N–H and O–H groups in total. The van der Waals surface area contributed by atoms with Crippen molar-refractivity contribution in [2.75, 3.05) is 25.7 Å². The molecule has 3 nitrogen and oxygen atoms in total. The van der Waals surface area contributed by atoms with Crippen molar-refractivity contribution in [3.8, 4) is 0 Å². The van der Waals surface area contributed by atoms with Gasteiger partial charge in [-0.05, 0) is 31.2 Å². The van der Waals surface area contributed by atoms with Gasteiger partial charge in [0.05, 0.1) is 0 Å². The first-order chi connectivity index (χ1) is 10.7. The van der Waals surface area contributed by atoms with Gasteiger partial charge < -0.3 is 13.3 Å². The third-order valence-corrected chi connectivity index (χ3v) is 6.29. The number of aryl methyl sites for hydroxylation is 1. The average Bonchev–Trinajstić information content (AvgIpc) is 2.56. The molecule has 0 bridgehead atoms. The maximum Gasteiger partial charge on any atom is 0.537 e. The molecule has 0 saturated carbocycles. The summed E-state index contributed by atoms with van der Waals surface area (Å²) >= 11 is 5.96. The molecule has 0 amide bonds. The highest BCUT2D eigenvalue weighted by Crippen LogP contribution is 2.16. The SMILES string of the molecule is CCCO[Si](OCCC)(OCCC)c1ccccc1CCCl. The zero-order valence-electron chi connectivity index (χ0n) is 14.1. The molecule has 0 fully saturated rings. The van der Waals surface area contributed by atoms with Gasteiger partial charge in [-0.15, -0.1) is 11.6 Å². The van der Waals surface area contributed by atoms with Gasteiger partial charge in [0, 0.05) is 30.9 Å². The lowest BCUT2D eigenvalue weighted by molar-refractivity contribution is 0.0730. The summed E-state index contributed by atoms with van der Waals surface area (Å²) in [6, 6.07) is 8.23. The van der Waals surface area contributed by atoms with Crippen molar-refractivity contribution in [3.05, 3.63) is 29.8 Å². The second kappa shape index (κ2) is 11.2. The Labute approximate surface area is 141 Å². The summed E-state index contributed by atoms with van der Waals surface area (Å²) in [7, 11) is -2.87. The Bertz CT molecular complexity index is 393. The van der Waals surface area contributed by atoms with Gasteiger partial charge in [0.2, 0.25) is 0 Å². The van der Waals surface area contributed by atoms with E-state index in [1.54, 1.807) is 0 Å². The zero-order chi connectivity index (χ0) is 16.3. The molecular formula is C17H29ClO3Si. The fourth-order valence-corrected chi connectivity index (χ4v) is 5.45. The predicted octanol–water partition coefficient (Wildman–Crippen LogP) is 3.89. The fraction of sp³-hybridized carbons (Fsp3) is 0.647. The molecule has 0 heterocycles. The fourth-order valence-electron chi connectivity index (χ4n) is 2.21. The lowest BCUT2D eigenvalue weighted by Crippen LogP contribution is -2.58. The van der Waals surface area contributed by atoms with E-state index in [1.807, 2.05) is 12.1 Å². The molecule has 0 radical (unpaired) electrons. The molecule has 5 heteroatoms. The number of benzene rings is 1. The minimum absolute atomic E-state index is 0.580. The summed E-state index contributed by atoms with van der Waals surface area (Å²) in [5.41, 5.74) is 1.17. The van der Waals surface area contributed by atoms with Crippen molar-refractivity contribution in [1.29, 1.82) is 0 Å². The Morgan fingerprint density at radius 2 is 1.36 bits per heavy atom. The maximum absolute atomic E-state index is 6.21. The van der Waals surface area contributed by atoms with Crippen LogP contribution >= 0.6 is 11.6 Å². The number of rotatable bonds is 12. The summed E-state index contributed by atoms with van der Waals surface area (Å²) in [6.45, 7) is 8.25. The minimum atomic E-state index is -2.87. The van der Waals surface area contributed by atoms with E-state index >= 15 is 0 Å². The highest BCUT2D eigenvalue weighted by atomic mass is 35.5. The average molecular weight is 345 g/mol. The van der Waals surface area contributed by atoms with Gasteiger partial charge in [-0.3, -0.25) is 0 Å². The molecule has 0 aromatic heterocycles. The zero-order valence-corrected chi connectivity index (χ0v) is 15.8. The van der Waals surface area contributed by atoms with E-state index in [0.29, 0.717) is 25.7 Å². The molecule has 0 unspecified atom stereocenters. The topological polar surface area (TPSA) is 27.7 Å². The number of halogens is 1. The van der Waals surface area contributed by atoms with Crippen molar-refractivity contribution < 1.29 is 13.3 Å². The van der Waals surface area contributed by atoms with Crippen LogP contribution in [-0.4, -0.2) is 34.5 Å². The molecule has 1 aromatic rings. The van der Waals surface area contributed by atoms with E-state index < -0.39 is 8.80 Å². The minimum Gasteiger partial charge on any atom is -0.370 e. The Morgan fingerprint density at radius 1 is 0.864 bits per heavy atom. The summed E-state index contributed by atoms with van der Waals surface area (Å²) in [5.74, 6) is 0.580. The lowest BCUT2D eigenvalue weighted by atomic mass is 10.2. The Morgan fingerprint density at radius 3 is 1.82 bits per heavy atom. The maximum atomic E-state index is 6.21. The summed E-state index contributed by atoms with van der Waals surface area (Å²) < 4.78 is 18.6. The van der Waals surface area contributed by atoms with E-state index in [4.69, 9.17) is 24.9 Å². The Kier molecular flexibility index (Phi) is 10.00. The van der Waals surface area contributed by atoms with E-state index in [0.717, 1.165) is 30.9 Å². The van der Waals surface area contributed by atoms with Gasteiger partial charge in [-0.2, -0.15) is 0 Å². The van der Waals surface area contributed by atoms with Crippen molar-refractivity contribution >= 4 is 25.6 Å². The van der Waals surface area contributed by atoms with Crippen LogP contribution in [0.25, 0.3) is 0 Å². The number of alkyl halides is 1. The summed E-state index contributed by atoms with van der Waals surface area (Å²) in [6.07, 6.45) is 3.62. The van der Waals surface area contributed by atoms with Crippen LogP contribution in [0, 0.1) is 0 Å². The molecule has 22 heavy (non-hydrogen) atoms. The molecule has 0 aliphatic heterocycles. The largest absolute Gasteiger partial charge is 0.537 e. The van der Waals surface area contributed by atoms with Gasteiger partial charge in [-0.1, -0.05) is 45.0 Å². The number of hydrogen-bond donors (Lipinski definition) is 0. The van der Waals surface area contributed by atoms with E-state index in [-0.39, 0.29) is 0 Å². The molecule has 0 aliphatic carbocycles. The van der Waals surface area contributed by atoms with E-state index in [9.17, 15) is 0 Å². The molecule has 0 saturated heterocycles. The van der Waals surface area contributed by atoms with Crippen LogP contribution in [-0.2, 0) is 19.7 Å². The first-order valence-corrected chi connectivity index (χ1v) is 10.6. The van der Waals surface area contributed by atoms with Crippen LogP contribution < -0.4 is 5.19 Å². The van der Waals surface area contributed by atoms with Crippen LogP contribution in [0.15, 0.2) is 24.3 Å². The molecule has 0 spiro atoms. The smallest absolute Gasteiger partial charge is 0.370 e. The van der Waals surface area contributed by atoms with Crippen LogP contribution in [0.4, 0.5) is 0 Å². The third kappa shape index (κ3) is 5.67. The molecular weight excluding hydrogens is 316 g/mol. The van der Waals surface area contributed by atoms with Crippen LogP contribution in [0.5, 0.6) is 0 Å². The molecule has 0 aliphatic rings. The van der Waals surface area contributed by atoms with Gasteiger partial charge in [0.1, 0.15) is 0 Å². The first kappa shape index (κ1) is 19.7. The normalized spacial score (nSPS) is 11.8. The Balaban J connectivity index is 3.18. The van der Waals surface area contributed by atoms with Gasteiger partial charge in [0.15, 0.2) is 0 Å². The van der Waals surface area contributed by atoms with E-state index in [2.05, 4.69) is 32.9 Å². The van der Waals surface area contributed by atoms with Gasteiger partial charge in [-0.25, -0.2) is 0 Å². The summed E-state index contributed by atoms with van der Waals surface area (Å²) in [4.78, 5) is 0. The quantitative estimate of drug-likeness (QED) is 0.425.